The highest BCUT2D eigenvalue weighted by atomic mass is 16.5. The summed E-state index contributed by atoms with van der Waals surface area (Å²) < 4.78 is 10.6. The van der Waals surface area contributed by atoms with Crippen molar-refractivity contribution in [2.75, 3.05) is 0 Å². The third-order valence-corrected chi connectivity index (χ3v) is 3.73. The molecule has 1 heterocycles. The molecular formula is C19H17NO4. The number of aryl methyl sites for hydroxylation is 1. The number of benzene rings is 2. The van der Waals surface area contributed by atoms with Gasteiger partial charge in [0.2, 0.25) is 11.5 Å². The number of para-hydroxylation sites is 1. The molecule has 0 saturated heterocycles. The van der Waals surface area contributed by atoms with E-state index in [1.165, 1.54) is 6.08 Å². The summed E-state index contributed by atoms with van der Waals surface area (Å²) in [6, 6.07) is 14.4. The lowest BCUT2D eigenvalue weighted by Gasteiger charge is -2.17. The zero-order valence-electron chi connectivity index (χ0n) is 13.2. The molecule has 0 radical (unpaired) electrons. The van der Waals surface area contributed by atoms with Gasteiger partial charge in [0.1, 0.15) is 12.4 Å². The van der Waals surface area contributed by atoms with Crippen LogP contribution in [0.15, 0.2) is 60.7 Å². The van der Waals surface area contributed by atoms with Gasteiger partial charge in [0.25, 0.3) is 0 Å². The number of Topliss-reactive ketones (excluding diaryl/α,β-unsaturated/α-hetero) is 1. The molecule has 0 fully saturated rings. The molecule has 1 atom stereocenters. The molecule has 1 aliphatic rings. The Balaban J connectivity index is 1.62. The first kappa shape index (κ1) is 16.0. The van der Waals surface area contributed by atoms with Crippen molar-refractivity contribution >= 4 is 11.8 Å². The summed E-state index contributed by atoms with van der Waals surface area (Å²) in [4.78, 5) is 24.1. The first-order chi connectivity index (χ1) is 11.5. The molecule has 0 aromatic heterocycles. The van der Waals surface area contributed by atoms with E-state index < -0.39 is 11.7 Å². The second-order valence-electron chi connectivity index (χ2n) is 5.65. The average Bonchev–Trinajstić information content (AvgIpc) is 2.84. The maximum absolute atomic E-state index is 12.3. The number of carbonyl (C=O) groups is 2. The van der Waals surface area contributed by atoms with E-state index in [-0.39, 0.29) is 12.4 Å². The first-order valence-corrected chi connectivity index (χ1v) is 7.51. The maximum Gasteiger partial charge on any atom is 0.330 e. The lowest BCUT2D eigenvalue weighted by atomic mass is 10.0. The van der Waals surface area contributed by atoms with Crippen LogP contribution in [0.3, 0.4) is 0 Å². The van der Waals surface area contributed by atoms with E-state index in [0.29, 0.717) is 11.3 Å². The number of ether oxygens (including phenoxy) is 2. The third kappa shape index (κ3) is 3.21. The Labute approximate surface area is 139 Å². The summed E-state index contributed by atoms with van der Waals surface area (Å²) in [6.45, 7) is 2.13. The Kier molecular flexibility index (Phi) is 4.18. The van der Waals surface area contributed by atoms with E-state index in [1.807, 2.05) is 31.2 Å². The van der Waals surface area contributed by atoms with Crippen LogP contribution in [0.4, 0.5) is 0 Å². The molecule has 3 rings (SSSR count). The molecule has 2 aromatic carbocycles. The molecule has 0 aliphatic carbocycles. The summed E-state index contributed by atoms with van der Waals surface area (Å²) in [6.07, 6.45) is 2.35. The number of hydrogen-bond acceptors (Lipinski definition) is 5. The van der Waals surface area contributed by atoms with E-state index in [1.54, 1.807) is 24.3 Å². The molecule has 5 heteroatoms. The van der Waals surface area contributed by atoms with Crippen LogP contribution in [0, 0.1) is 6.92 Å². The number of fused-ring (bicyclic) bond motifs is 1. The van der Waals surface area contributed by atoms with E-state index in [2.05, 4.69) is 0 Å². The van der Waals surface area contributed by atoms with Crippen molar-refractivity contribution in [3.8, 4) is 5.75 Å². The minimum absolute atomic E-state index is 0.149. The molecule has 1 unspecified atom stereocenters. The fourth-order valence-corrected chi connectivity index (χ4v) is 2.37. The van der Waals surface area contributed by atoms with Gasteiger partial charge in [-0.1, -0.05) is 42.0 Å². The van der Waals surface area contributed by atoms with Crippen molar-refractivity contribution < 1.29 is 19.1 Å². The van der Waals surface area contributed by atoms with Gasteiger partial charge in [-0.05, 0) is 30.7 Å². The standard InChI is InChI=1S/C19H17NO4/c1-13-6-8-14(9-7-13)12-23-17(21)10-11-19(20)18(22)15-4-2-3-5-16(15)24-19/h2-11H,12,20H2,1H3/b11-10+. The Morgan fingerprint density at radius 1 is 1.21 bits per heavy atom. The average molecular weight is 323 g/mol. The number of nitrogens with two attached hydrogens (primary N) is 1. The van der Waals surface area contributed by atoms with Gasteiger partial charge in [0.15, 0.2) is 0 Å². The SMILES string of the molecule is Cc1ccc(COC(=O)/C=C/C2(N)Oc3ccccc3C2=O)cc1. The maximum atomic E-state index is 12.3. The van der Waals surface area contributed by atoms with Crippen LogP contribution >= 0.6 is 0 Å². The van der Waals surface area contributed by atoms with Crippen molar-refractivity contribution in [3.63, 3.8) is 0 Å². The lowest BCUT2D eigenvalue weighted by Crippen LogP contribution is -2.47. The third-order valence-electron chi connectivity index (χ3n) is 3.73. The normalized spacial score (nSPS) is 19.2. The molecule has 5 nitrogen and oxygen atoms in total. The Hall–Kier alpha value is -2.92. The molecule has 122 valence electrons. The zero-order chi connectivity index (χ0) is 17.2. The molecule has 24 heavy (non-hydrogen) atoms. The van der Waals surface area contributed by atoms with E-state index >= 15 is 0 Å². The molecule has 0 amide bonds. The number of esters is 1. The summed E-state index contributed by atoms with van der Waals surface area (Å²) in [7, 11) is 0. The number of rotatable bonds is 4. The van der Waals surface area contributed by atoms with E-state index in [0.717, 1.165) is 17.2 Å². The summed E-state index contributed by atoms with van der Waals surface area (Å²) in [5.74, 6) is -0.573. The molecular weight excluding hydrogens is 306 g/mol. The van der Waals surface area contributed by atoms with Crippen molar-refractivity contribution in [1.82, 2.24) is 0 Å². The van der Waals surface area contributed by atoms with Crippen LogP contribution in [0.5, 0.6) is 5.75 Å². The van der Waals surface area contributed by atoms with Crippen LogP contribution in [0.2, 0.25) is 0 Å². The molecule has 0 saturated carbocycles. The van der Waals surface area contributed by atoms with Crippen molar-refractivity contribution in [2.24, 2.45) is 5.73 Å². The van der Waals surface area contributed by atoms with Gasteiger partial charge in [-0.25, -0.2) is 4.79 Å². The van der Waals surface area contributed by atoms with Gasteiger partial charge in [-0.2, -0.15) is 0 Å². The van der Waals surface area contributed by atoms with Gasteiger partial charge in [-0.15, -0.1) is 0 Å². The number of carbonyl (C=O) groups excluding carboxylic acids is 2. The smallest absolute Gasteiger partial charge is 0.330 e. The number of hydrogen-bond donors (Lipinski definition) is 1. The Bertz CT molecular complexity index is 810. The molecule has 2 aromatic rings. The minimum atomic E-state index is -1.67. The second-order valence-corrected chi connectivity index (χ2v) is 5.65. The van der Waals surface area contributed by atoms with E-state index in [9.17, 15) is 9.59 Å². The van der Waals surface area contributed by atoms with Crippen LogP contribution in [0.1, 0.15) is 21.5 Å². The fourth-order valence-electron chi connectivity index (χ4n) is 2.37. The van der Waals surface area contributed by atoms with Crippen molar-refractivity contribution in [3.05, 3.63) is 77.4 Å². The first-order valence-electron chi connectivity index (χ1n) is 7.51. The van der Waals surface area contributed by atoms with Crippen molar-refractivity contribution in [2.45, 2.75) is 19.3 Å². The van der Waals surface area contributed by atoms with Crippen LogP contribution in [-0.4, -0.2) is 17.5 Å². The second kappa shape index (κ2) is 6.29. The highest BCUT2D eigenvalue weighted by Crippen LogP contribution is 2.32. The van der Waals surface area contributed by atoms with Crippen molar-refractivity contribution in [1.29, 1.82) is 0 Å². The van der Waals surface area contributed by atoms with Gasteiger partial charge in [0.05, 0.1) is 5.56 Å². The minimum Gasteiger partial charge on any atom is -0.461 e. The predicted octanol–water partition coefficient (Wildman–Crippen LogP) is 2.52. The Morgan fingerprint density at radius 3 is 2.62 bits per heavy atom. The van der Waals surface area contributed by atoms with Gasteiger partial charge >= 0.3 is 5.97 Å². The van der Waals surface area contributed by atoms with Gasteiger partial charge in [0, 0.05) is 6.08 Å². The van der Waals surface area contributed by atoms with Crippen LogP contribution in [0.25, 0.3) is 0 Å². The van der Waals surface area contributed by atoms with E-state index in [4.69, 9.17) is 15.2 Å². The van der Waals surface area contributed by atoms with Gasteiger partial charge in [-0.3, -0.25) is 10.5 Å². The number of ketones is 1. The summed E-state index contributed by atoms with van der Waals surface area (Å²) >= 11 is 0. The zero-order valence-corrected chi connectivity index (χ0v) is 13.2. The van der Waals surface area contributed by atoms with Crippen LogP contribution in [-0.2, 0) is 16.1 Å². The Morgan fingerprint density at radius 2 is 1.92 bits per heavy atom. The monoisotopic (exact) mass is 323 g/mol. The molecule has 1 aliphatic heterocycles. The summed E-state index contributed by atoms with van der Waals surface area (Å²) in [5, 5.41) is 0. The fraction of sp³-hybridized carbons (Fsp3) is 0.158. The van der Waals surface area contributed by atoms with Gasteiger partial charge < -0.3 is 9.47 Å². The summed E-state index contributed by atoms with van der Waals surface area (Å²) in [5.41, 5.74) is 6.70. The highest BCUT2D eigenvalue weighted by Gasteiger charge is 2.42. The molecule has 0 spiro atoms. The van der Waals surface area contributed by atoms with Crippen LogP contribution < -0.4 is 10.5 Å². The predicted molar refractivity (Wildman–Crippen MR) is 88.4 cm³/mol. The lowest BCUT2D eigenvalue weighted by molar-refractivity contribution is -0.139. The topological polar surface area (TPSA) is 78.6 Å². The largest absolute Gasteiger partial charge is 0.461 e. The highest BCUT2D eigenvalue weighted by molar-refractivity contribution is 6.08. The quantitative estimate of drug-likeness (QED) is 0.691. The molecule has 0 bridgehead atoms. The molecule has 2 N–H and O–H groups in total.